The molecule has 0 saturated carbocycles. The van der Waals surface area contributed by atoms with Crippen LogP contribution in [0.1, 0.15) is 0 Å². The number of pyridine rings is 1. The van der Waals surface area contributed by atoms with Crippen LogP contribution in [0.15, 0.2) is 121 Å². The van der Waals surface area contributed by atoms with Crippen molar-refractivity contribution in [3.05, 3.63) is 121 Å². The van der Waals surface area contributed by atoms with Crippen LogP contribution in [-0.2, 0) is 0 Å². The molecule has 2 heteroatoms. The second-order valence-corrected chi connectivity index (χ2v) is 9.22. The lowest BCUT2D eigenvalue weighted by molar-refractivity contribution is 1.08. The van der Waals surface area contributed by atoms with E-state index in [9.17, 15) is 0 Å². The number of fused-ring (bicyclic) bond motifs is 3. The molecule has 0 atom stereocenters. The molecule has 162 valence electrons. The van der Waals surface area contributed by atoms with Crippen LogP contribution in [0.4, 0.5) is 0 Å². The lowest BCUT2D eigenvalue weighted by Gasteiger charge is -2.14. The molecule has 0 unspecified atom stereocenters. The average Bonchev–Trinajstić information content (AvgIpc) is 3.21. The quantitative estimate of drug-likeness (QED) is 0.261. The van der Waals surface area contributed by atoms with Crippen molar-refractivity contribution in [1.29, 1.82) is 0 Å². The fraction of sp³-hybridized carbons (Fsp3) is 0. The Morgan fingerprint density at radius 3 is 2.06 bits per heavy atom. The Kier molecular flexibility index (Phi) is 3.69. The lowest BCUT2D eigenvalue weighted by Crippen LogP contribution is -1.97. The van der Waals surface area contributed by atoms with Crippen molar-refractivity contribution in [3.8, 4) is 39.2 Å². The SMILES string of the molecule is c1ccc(-c2cc3c4c5c6c(cccc6ccc5n(-c5ccccn5)c4c2)-c2ccccc2-3)cc1. The predicted octanol–water partition coefficient (Wildman–Crippen LogP) is 8.65. The van der Waals surface area contributed by atoms with Gasteiger partial charge in [-0.1, -0.05) is 84.9 Å². The summed E-state index contributed by atoms with van der Waals surface area (Å²) in [4.78, 5) is 4.78. The molecule has 35 heavy (non-hydrogen) atoms. The monoisotopic (exact) mass is 444 g/mol. The Morgan fingerprint density at radius 2 is 1.23 bits per heavy atom. The average molecular weight is 445 g/mol. The van der Waals surface area contributed by atoms with Crippen molar-refractivity contribution >= 4 is 32.6 Å². The number of hydrogen-bond donors (Lipinski definition) is 0. The second kappa shape index (κ2) is 6.91. The zero-order valence-electron chi connectivity index (χ0n) is 18.9. The van der Waals surface area contributed by atoms with Gasteiger partial charge in [0.25, 0.3) is 0 Å². The third kappa shape index (κ3) is 2.51. The van der Waals surface area contributed by atoms with E-state index in [4.69, 9.17) is 4.98 Å². The second-order valence-electron chi connectivity index (χ2n) is 9.22. The minimum Gasteiger partial charge on any atom is -0.294 e. The summed E-state index contributed by atoms with van der Waals surface area (Å²) in [6, 6.07) is 41.6. The van der Waals surface area contributed by atoms with Crippen LogP contribution < -0.4 is 0 Å². The normalized spacial score (nSPS) is 12.0. The molecular formula is C33H20N2. The number of rotatable bonds is 2. The van der Waals surface area contributed by atoms with E-state index in [1.54, 1.807) is 0 Å². The van der Waals surface area contributed by atoms with Gasteiger partial charge in [-0.3, -0.25) is 4.57 Å². The van der Waals surface area contributed by atoms with Gasteiger partial charge in [-0.25, -0.2) is 4.98 Å². The first-order valence-corrected chi connectivity index (χ1v) is 12.0. The smallest absolute Gasteiger partial charge is 0.137 e. The Labute approximate surface area is 202 Å². The van der Waals surface area contributed by atoms with Gasteiger partial charge < -0.3 is 0 Å². The number of nitrogens with zero attached hydrogens (tertiary/aromatic N) is 2. The molecule has 0 fully saturated rings. The minimum absolute atomic E-state index is 0.939. The van der Waals surface area contributed by atoms with Crippen molar-refractivity contribution in [2.75, 3.05) is 0 Å². The molecule has 2 heterocycles. The minimum atomic E-state index is 0.939. The molecule has 0 N–H and O–H groups in total. The highest BCUT2D eigenvalue weighted by molar-refractivity contribution is 6.30. The molecular weight excluding hydrogens is 424 g/mol. The fourth-order valence-corrected chi connectivity index (χ4v) is 5.92. The van der Waals surface area contributed by atoms with Gasteiger partial charge in [0.15, 0.2) is 0 Å². The molecule has 1 aliphatic rings. The van der Waals surface area contributed by atoms with E-state index in [0.29, 0.717) is 0 Å². The fourth-order valence-electron chi connectivity index (χ4n) is 5.92. The largest absolute Gasteiger partial charge is 0.294 e. The van der Waals surface area contributed by atoms with E-state index in [0.717, 1.165) is 5.82 Å². The van der Waals surface area contributed by atoms with Crippen molar-refractivity contribution in [3.63, 3.8) is 0 Å². The molecule has 0 amide bonds. The summed E-state index contributed by atoms with van der Waals surface area (Å²) in [7, 11) is 0. The maximum atomic E-state index is 4.78. The molecule has 0 radical (unpaired) electrons. The third-order valence-corrected chi connectivity index (χ3v) is 7.37. The zero-order chi connectivity index (χ0) is 22.9. The molecule has 7 aromatic rings. The summed E-state index contributed by atoms with van der Waals surface area (Å²) in [6.07, 6.45) is 1.88. The molecule has 0 saturated heterocycles. The van der Waals surface area contributed by atoms with Gasteiger partial charge in [-0.2, -0.15) is 0 Å². The van der Waals surface area contributed by atoms with Crippen LogP contribution in [0.25, 0.3) is 71.8 Å². The van der Waals surface area contributed by atoms with E-state index in [1.165, 1.54) is 66.0 Å². The maximum absolute atomic E-state index is 4.78. The Morgan fingerprint density at radius 1 is 0.457 bits per heavy atom. The van der Waals surface area contributed by atoms with E-state index < -0.39 is 0 Å². The first-order valence-electron chi connectivity index (χ1n) is 12.0. The number of aromatic nitrogens is 2. The first kappa shape index (κ1) is 18.7. The first-order chi connectivity index (χ1) is 17.4. The molecule has 2 nitrogen and oxygen atoms in total. The van der Waals surface area contributed by atoms with E-state index in [1.807, 2.05) is 12.3 Å². The Hall–Kier alpha value is -4.69. The summed E-state index contributed by atoms with van der Waals surface area (Å²) in [5, 5.41) is 5.20. The number of benzene rings is 5. The molecule has 0 bridgehead atoms. The highest BCUT2D eigenvalue weighted by atomic mass is 15.1. The van der Waals surface area contributed by atoms with Gasteiger partial charge in [0, 0.05) is 17.0 Å². The lowest BCUT2D eigenvalue weighted by atomic mass is 9.92. The van der Waals surface area contributed by atoms with Gasteiger partial charge in [-0.05, 0) is 74.5 Å². The van der Waals surface area contributed by atoms with Crippen LogP contribution in [0.3, 0.4) is 0 Å². The summed E-state index contributed by atoms with van der Waals surface area (Å²) in [6.45, 7) is 0. The molecule has 0 aliphatic heterocycles. The summed E-state index contributed by atoms with van der Waals surface area (Å²) in [5.41, 5.74) is 9.95. The Balaban J connectivity index is 1.68. The highest BCUT2D eigenvalue weighted by Crippen LogP contribution is 2.50. The Bertz CT molecular complexity index is 1930. The summed E-state index contributed by atoms with van der Waals surface area (Å²) >= 11 is 0. The third-order valence-electron chi connectivity index (χ3n) is 7.37. The van der Waals surface area contributed by atoms with Crippen LogP contribution in [0, 0.1) is 0 Å². The van der Waals surface area contributed by atoms with Gasteiger partial charge >= 0.3 is 0 Å². The van der Waals surface area contributed by atoms with E-state index >= 15 is 0 Å². The van der Waals surface area contributed by atoms with E-state index in [-0.39, 0.29) is 0 Å². The molecule has 5 aromatic carbocycles. The van der Waals surface area contributed by atoms with Crippen LogP contribution in [0.5, 0.6) is 0 Å². The highest BCUT2D eigenvalue weighted by Gasteiger charge is 2.25. The molecule has 2 aromatic heterocycles. The van der Waals surface area contributed by atoms with Gasteiger partial charge in [0.05, 0.1) is 11.0 Å². The number of hydrogen-bond acceptors (Lipinski definition) is 1. The molecule has 0 spiro atoms. The van der Waals surface area contributed by atoms with Crippen molar-refractivity contribution < 1.29 is 0 Å². The maximum Gasteiger partial charge on any atom is 0.137 e. The molecule has 8 rings (SSSR count). The summed E-state index contributed by atoms with van der Waals surface area (Å²) in [5.74, 6) is 0.939. The van der Waals surface area contributed by atoms with Crippen LogP contribution in [0.2, 0.25) is 0 Å². The van der Waals surface area contributed by atoms with Crippen LogP contribution >= 0.6 is 0 Å². The van der Waals surface area contributed by atoms with Gasteiger partial charge in [0.1, 0.15) is 5.82 Å². The van der Waals surface area contributed by atoms with Gasteiger partial charge in [0.2, 0.25) is 0 Å². The topological polar surface area (TPSA) is 17.8 Å². The van der Waals surface area contributed by atoms with Crippen molar-refractivity contribution in [2.45, 2.75) is 0 Å². The molecule has 1 aliphatic carbocycles. The standard InChI is InChI=1S/C33H20N2/c1-2-9-21(10-3-1)23-19-27-25-13-5-4-12-24(25)26-14-8-11-22-16-17-28-33(31(22)26)32(27)29(20-23)35(28)30-15-6-7-18-34-30/h1-20H. The zero-order valence-corrected chi connectivity index (χ0v) is 18.9. The van der Waals surface area contributed by atoms with Crippen molar-refractivity contribution in [2.24, 2.45) is 0 Å². The van der Waals surface area contributed by atoms with Crippen molar-refractivity contribution in [1.82, 2.24) is 9.55 Å². The predicted molar refractivity (Wildman–Crippen MR) is 146 cm³/mol. The van der Waals surface area contributed by atoms with Gasteiger partial charge in [-0.15, -0.1) is 0 Å². The summed E-state index contributed by atoms with van der Waals surface area (Å²) < 4.78 is 2.34. The van der Waals surface area contributed by atoms with E-state index in [2.05, 4.69) is 114 Å². The van der Waals surface area contributed by atoms with Crippen LogP contribution in [-0.4, -0.2) is 9.55 Å².